The standard InChI is InChI=1S/C20H22N4O2/c1-15-7-8-17(12-21-15)11-19-22-20(23-26-19)18-14-24(9-10-25-18)13-16-5-3-2-4-6-16/h2-8,12,18H,9-11,13-14H2,1H3/t18-/m1/s1. The molecule has 26 heavy (non-hydrogen) atoms. The first-order chi connectivity index (χ1) is 12.8. The monoisotopic (exact) mass is 350 g/mol. The second-order valence-corrected chi connectivity index (χ2v) is 6.61. The Kier molecular flexibility index (Phi) is 5.04. The third-order valence-corrected chi connectivity index (χ3v) is 4.50. The van der Waals surface area contributed by atoms with Gasteiger partial charge in [-0.1, -0.05) is 41.6 Å². The van der Waals surface area contributed by atoms with E-state index in [4.69, 9.17) is 9.26 Å². The summed E-state index contributed by atoms with van der Waals surface area (Å²) in [6.45, 7) is 5.21. The molecule has 0 spiro atoms. The number of benzene rings is 1. The van der Waals surface area contributed by atoms with Crippen LogP contribution in [-0.2, 0) is 17.7 Å². The first-order valence-electron chi connectivity index (χ1n) is 8.88. The molecule has 1 saturated heterocycles. The van der Waals surface area contributed by atoms with Crippen molar-refractivity contribution in [3.63, 3.8) is 0 Å². The van der Waals surface area contributed by atoms with E-state index in [1.165, 1.54) is 5.56 Å². The van der Waals surface area contributed by atoms with Gasteiger partial charge in [-0.2, -0.15) is 4.98 Å². The van der Waals surface area contributed by atoms with Crippen molar-refractivity contribution in [1.82, 2.24) is 20.0 Å². The smallest absolute Gasteiger partial charge is 0.231 e. The van der Waals surface area contributed by atoms with Crippen molar-refractivity contribution in [2.45, 2.75) is 26.0 Å². The van der Waals surface area contributed by atoms with Crippen molar-refractivity contribution < 1.29 is 9.26 Å². The molecule has 6 nitrogen and oxygen atoms in total. The minimum Gasteiger partial charge on any atom is -0.367 e. The molecule has 3 aromatic rings. The molecular weight excluding hydrogens is 328 g/mol. The van der Waals surface area contributed by atoms with Gasteiger partial charge in [0.05, 0.1) is 13.0 Å². The van der Waals surface area contributed by atoms with Crippen LogP contribution in [0.25, 0.3) is 0 Å². The molecule has 1 atom stereocenters. The lowest BCUT2D eigenvalue weighted by Crippen LogP contribution is -2.38. The summed E-state index contributed by atoms with van der Waals surface area (Å²) in [7, 11) is 0. The van der Waals surface area contributed by atoms with Gasteiger partial charge >= 0.3 is 0 Å². The number of aryl methyl sites for hydroxylation is 1. The van der Waals surface area contributed by atoms with Crippen LogP contribution >= 0.6 is 0 Å². The summed E-state index contributed by atoms with van der Waals surface area (Å²) in [5.74, 6) is 1.22. The summed E-state index contributed by atoms with van der Waals surface area (Å²) in [5.41, 5.74) is 3.35. The van der Waals surface area contributed by atoms with E-state index < -0.39 is 0 Å². The largest absolute Gasteiger partial charge is 0.367 e. The van der Waals surface area contributed by atoms with Crippen LogP contribution in [0, 0.1) is 6.92 Å². The Morgan fingerprint density at radius 2 is 2.00 bits per heavy atom. The van der Waals surface area contributed by atoms with Crippen molar-refractivity contribution in [2.24, 2.45) is 0 Å². The molecule has 134 valence electrons. The zero-order valence-corrected chi connectivity index (χ0v) is 14.8. The average molecular weight is 350 g/mol. The lowest BCUT2D eigenvalue weighted by Gasteiger charge is -2.31. The number of rotatable bonds is 5. The molecule has 0 saturated carbocycles. The number of pyridine rings is 1. The second kappa shape index (κ2) is 7.76. The number of morpholine rings is 1. The lowest BCUT2D eigenvalue weighted by molar-refractivity contribution is -0.0380. The first kappa shape index (κ1) is 16.9. The molecule has 3 heterocycles. The Bertz CT molecular complexity index is 833. The normalized spacial score (nSPS) is 18.1. The zero-order valence-electron chi connectivity index (χ0n) is 14.8. The van der Waals surface area contributed by atoms with Crippen molar-refractivity contribution in [3.8, 4) is 0 Å². The highest BCUT2D eigenvalue weighted by molar-refractivity contribution is 5.17. The topological polar surface area (TPSA) is 64.3 Å². The van der Waals surface area contributed by atoms with Crippen LogP contribution in [0.3, 0.4) is 0 Å². The van der Waals surface area contributed by atoms with Crippen molar-refractivity contribution in [3.05, 3.63) is 77.2 Å². The summed E-state index contributed by atoms with van der Waals surface area (Å²) in [5, 5.41) is 4.14. The highest BCUT2D eigenvalue weighted by atomic mass is 16.5. The summed E-state index contributed by atoms with van der Waals surface area (Å²) in [6.07, 6.45) is 2.28. The van der Waals surface area contributed by atoms with Crippen LogP contribution in [0.2, 0.25) is 0 Å². The fourth-order valence-corrected chi connectivity index (χ4v) is 3.09. The van der Waals surface area contributed by atoms with Gasteiger partial charge in [-0.25, -0.2) is 0 Å². The Balaban J connectivity index is 1.39. The third-order valence-electron chi connectivity index (χ3n) is 4.50. The molecule has 6 heteroatoms. The molecule has 4 rings (SSSR count). The van der Waals surface area contributed by atoms with Crippen molar-refractivity contribution >= 4 is 0 Å². The molecule has 1 aliphatic rings. The maximum Gasteiger partial charge on any atom is 0.231 e. The van der Waals surface area contributed by atoms with Crippen LogP contribution in [-0.4, -0.2) is 39.7 Å². The molecule has 0 unspecified atom stereocenters. The van der Waals surface area contributed by atoms with Crippen LogP contribution in [0.4, 0.5) is 0 Å². The average Bonchev–Trinajstić information content (AvgIpc) is 3.13. The third kappa shape index (κ3) is 4.15. The maximum atomic E-state index is 5.87. The number of aromatic nitrogens is 3. The van der Waals surface area contributed by atoms with E-state index >= 15 is 0 Å². The highest BCUT2D eigenvalue weighted by Gasteiger charge is 2.26. The van der Waals surface area contributed by atoms with Gasteiger partial charge in [-0.05, 0) is 24.1 Å². The molecule has 2 aromatic heterocycles. The minimum atomic E-state index is -0.152. The van der Waals surface area contributed by atoms with Gasteiger partial charge in [0.25, 0.3) is 0 Å². The van der Waals surface area contributed by atoms with Gasteiger partial charge < -0.3 is 9.26 Å². The Labute approximate surface area is 152 Å². The number of ether oxygens (including phenoxy) is 1. The Hall–Kier alpha value is -2.57. The van der Waals surface area contributed by atoms with Crippen molar-refractivity contribution in [1.29, 1.82) is 0 Å². The van der Waals surface area contributed by atoms with Crippen LogP contribution in [0.5, 0.6) is 0 Å². The fraction of sp³-hybridized carbons (Fsp3) is 0.350. The number of hydrogen-bond acceptors (Lipinski definition) is 6. The van der Waals surface area contributed by atoms with Crippen molar-refractivity contribution in [2.75, 3.05) is 19.7 Å². The molecular formula is C20H22N4O2. The number of nitrogens with zero attached hydrogens (tertiary/aromatic N) is 4. The highest BCUT2D eigenvalue weighted by Crippen LogP contribution is 2.21. The molecule has 1 aromatic carbocycles. The van der Waals surface area contributed by atoms with E-state index in [0.717, 1.165) is 30.9 Å². The molecule has 1 fully saturated rings. The predicted octanol–water partition coefficient (Wildman–Crippen LogP) is 2.94. The molecule has 0 radical (unpaired) electrons. The van der Waals surface area contributed by atoms with Gasteiger partial charge in [0, 0.05) is 31.5 Å². The van der Waals surface area contributed by atoms with Gasteiger partial charge in [0.2, 0.25) is 11.7 Å². The van der Waals surface area contributed by atoms with E-state index in [1.807, 2.05) is 31.3 Å². The molecule has 0 bridgehead atoms. The van der Waals surface area contributed by atoms with Gasteiger partial charge in [-0.3, -0.25) is 9.88 Å². The van der Waals surface area contributed by atoms with E-state index in [2.05, 4.69) is 44.3 Å². The van der Waals surface area contributed by atoms with Gasteiger partial charge in [0.15, 0.2) is 0 Å². The molecule has 0 aliphatic carbocycles. The quantitative estimate of drug-likeness (QED) is 0.705. The lowest BCUT2D eigenvalue weighted by atomic mass is 10.2. The van der Waals surface area contributed by atoms with E-state index in [-0.39, 0.29) is 6.10 Å². The SMILES string of the molecule is Cc1ccc(Cc2nc([C@H]3CN(Cc4ccccc4)CCO3)no2)cn1. The summed E-state index contributed by atoms with van der Waals surface area (Å²) < 4.78 is 11.3. The fourth-order valence-electron chi connectivity index (χ4n) is 3.09. The molecule has 1 aliphatic heterocycles. The van der Waals surface area contributed by atoms with Crippen LogP contribution < -0.4 is 0 Å². The zero-order chi connectivity index (χ0) is 17.8. The van der Waals surface area contributed by atoms with E-state index in [0.29, 0.717) is 24.7 Å². The van der Waals surface area contributed by atoms with E-state index in [9.17, 15) is 0 Å². The summed E-state index contributed by atoms with van der Waals surface area (Å²) in [4.78, 5) is 11.2. The van der Waals surface area contributed by atoms with Gasteiger partial charge in [-0.15, -0.1) is 0 Å². The predicted molar refractivity (Wildman–Crippen MR) is 96.5 cm³/mol. The minimum absolute atomic E-state index is 0.152. The van der Waals surface area contributed by atoms with Crippen LogP contribution in [0.1, 0.15) is 34.6 Å². The van der Waals surface area contributed by atoms with E-state index in [1.54, 1.807) is 0 Å². The maximum absolute atomic E-state index is 5.87. The van der Waals surface area contributed by atoms with Crippen LogP contribution in [0.15, 0.2) is 53.2 Å². The molecule has 0 N–H and O–H groups in total. The molecule has 0 amide bonds. The second-order valence-electron chi connectivity index (χ2n) is 6.61. The Morgan fingerprint density at radius 3 is 2.81 bits per heavy atom. The Morgan fingerprint density at radius 1 is 1.12 bits per heavy atom. The summed E-state index contributed by atoms with van der Waals surface area (Å²) >= 11 is 0. The summed E-state index contributed by atoms with van der Waals surface area (Å²) in [6, 6.07) is 14.5. The first-order valence-corrected chi connectivity index (χ1v) is 8.88. The van der Waals surface area contributed by atoms with Gasteiger partial charge in [0.1, 0.15) is 6.10 Å². The number of hydrogen-bond donors (Lipinski definition) is 0.